The first-order valence-corrected chi connectivity index (χ1v) is 5.48. The fourth-order valence-electron chi connectivity index (χ4n) is 1.39. The lowest BCUT2D eigenvalue weighted by molar-refractivity contribution is 0.247. The molecule has 1 aromatic heterocycles. The first-order valence-electron chi connectivity index (χ1n) is 5.48. The largest absolute Gasteiger partial charge is 0.350 e. The predicted molar refractivity (Wildman–Crippen MR) is 63.8 cm³/mol. The molecular weight excluding hydrogens is 204 g/mol. The minimum absolute atomic E-state index is 0.567. The Kier molecular flexibility index (Phi) is 5.11. The van der Waals surface area contributed by atoms with Gasteiger partial charge in [0, 0.05) is 12.7 Å². The number of rotatable bonds is 6. The summed E-state index contributed by atoms with van der Waals surface area (Å²) >= 11 is 0. The summed E-state index contributed by atoms with van der Waals surface area (Å²) in [4.78, 5) is 15.0. The molecule has 0 fully saturated rings. The number of unbranched alkanes of at least 4 members (excludes halogenated alkanes) is 2. The number of hydrazine groups is 1. The lowest BCUT2D eigenvalue weighted by atomic mass is 10.2. The first kappa shape index (κ1) is 12.3. The molecule has 0 bridgehead atoms. The third kappa shape index (κ3) is 4.16. The fourth-order valence-corrected chi connectivity index (χ4v) is 1.39. The number of nitrogens with zero attached hydrogens (tertiary/aromatic N) is 2. The summed E-state index contributed by atoms with van der Waals surface area (Å²) in [5.41, 5.74) is 7.68. The zero-order valence-electron chi connectivity index (χ0n) is 9.52. The quantitative estimate of drug-likeness (QED) is 0.568. The molecule has 0 aliphatic rings. The van der Waals surface area contributed by atoms with Gasteiger partial charge in [-0.25, -0.2) is 15.2 Å². The Morgan fingerprint density at radius 3 is 2.88 bits per heavy atom. The summed E-state index contributed by atoms with van der Waals surface area (Å²) in [6.07, 6.45) is 4.93. The number of urea groups is 1. The van der Waals surface area contributed by atoms with Crippen LogP contribution in [0, 0.1) is 0 Å². The van der Waals surface area contributed by atoms with Gasteiger partial charge in [0.25, 0.3) is 0 Å². The second-order valence-corrected chi connectivity index (χ2v) is 3.52. The van der Waals surface area contributed by atoms with Crippen LogP contribution >= 0.6 is 0 Å². The smallest absolute Gasteiger partial charge is 0.331 e. The van der Waals surface area contributed by atoms with Crippen molar-refractivity contribution in [3.63, 3.8) is 0 Å². The monoisotopic (exact) mass is 222 g/mol. The van der Waals surface area contributed by atoms with Gasteiger partial charge in [-0.1, -0.05) is 25.8 Å². The van der Waals surface area contributed by atoms with E-state index in [4.69, 9.17) is 5.73 Å². The predicted octanol–water partition coefficient (Wildman–Crippen LogP) is 1.66. The zero-order valence-corrected chi connectivity index (χ0v) is 9.52. The Labute approximate surface area is 95.6 Å². The van der Waals surface area contributed by atoms with Gasteiger partial charge in [-0.15, -0.1) is 0 Å². The van der Waals surface area contributed by atoms with E-state index in [0.717, 1.165) is 19.3 Å². The summed E-state index contributed by atoms with van der Waals surface area (Å²) in [5.74, 6) is 0.706. The van der Waals surface area contributed by atoms with Gasteiger partial charge in [0.2, 0.25) is 0 Å². The van der Waals surface area contributed by atoms with Crippen LogP contribution in [0.1, 0.15) is 26.2 Å². The van der Waals surface area contributed by atoms with Crippen LogP contribution in [0.2, 0.25) is 0 Å². The van der Waals surface area contributed by atoms with Crippen molar-refractivity contribution in [3.05, 3.63) is 24.4 Å². The van der Waals surface area contributed by atoms with Crippen LogP contribution in [-0.2, 0) is 0 Å². The molecule has 0 aliphatic heterocycles. The van der Waals surface area contributed by atoms with Crippen molar-refractivity contribution < 1.29 is 4.79 Å². The summed E-state index contributed by atoms with van der Waals surface area (Å²) in [6.45, 7) is 2.85. The maximum Gasteiger partial charge on any atom is 0.331 e. The van der Waals surface area contributed by atoms with Crippen molar-refractivity contribution >= 4 is 11.8 Å². The molecule has 5 nitrogen and oxygen atoms in total. The molecule has 0 saturated heterocycles. The molecule has 0 aromatic carbocycles. The molecular formula is C11H18N4O. The van der Waals surface area contributed by atoms with Crippen molar-refractivity contribution in [2.45, 2.75) is 26.2 Å². The van der Waals surface area contributed by atoms with E-state index in [1.54, 1.807) is 11.2 Å². The molecule has 0 unspecified atom stereocenters. The van der Waals surface area contributed by atoms with Gasteiger partial charge in [0.1, 0.15) is 5.82 Å². The van der Waals surface area contributed by atoms with Crippen LogP contribution < -0.4 is 16.2 Å². The summed E-state index contributed by atoms with van der Waals surface area (Å²) in [6, 6.07) is 4.97. The highest BCUT2D eigenvalue weighted by atomic mass is 16.2. The molecule has 0 radical (unpaired) electrons. The Hall–Kier alpha value is -1.78. The van der Waals surface area contributed by atoms with Crippen molar-refractivity contribution in [3.8, 4) is 0 Å². The number of anilines is 1. The van der Waals surface area contributed by atoms with Gasteiger partial charge < -0.3 is 5.73 Å². The SMILES string of the molecule is CCCCCN(NC(N)=O)c1ccccn1. The number of hydrogen-bond acceptors (Lipinski definition) is 3. The Bertz CT molecular complexity index is 315. The molecule has 0 aliphatic carbocycles. The highest BCUT2D eigenvalue weighted by molar-refractivity contribution is 5.73. The number of hydrogen-bond donors (Lipinski definition) is 2. The average molecular weight is 222 g/mol. The normalized spacial score (nSPS) is 9.81. The molecule has 1 aromatic rings. The number of aromatic nitrogens is 1. The molecule has 1 rings (SSSR count). The van der Waals surface area contributed by atoms with E-state index >= 15 is 0 Å². The van der Waals surface area contributed by atoms with Gasteiger partial charge in [0.15, 0.2) is 0 Å². The first-order chi connectivity index (χ1) is 7.74. The topological polar surface area (TPSA) is 71.2 Å². The van der Waals surface area contributed by atoms with Crippen LogP contribution in [0.25, 0.3) is 0 Å². The molecule has 3 N–H and O–H groups in total. The molecule has 5 heteroatoms. The van der Waals surface area contributed by atoms with Gasteiger partial charge in [0.05, 0.1) is 0 Å². The number of nitrogens with one attached hydrogen (secondary N) is 1. The molecule has 1 heterocycles. The number of carbonyl (C=O) groups is 1. The minimum atomic E-state index is -0.567. The molecule has 0 saturated carbocycles. The van der Waals surface area contributed by atoms with Crippen molar-refractivity contribution in [1.29, 1.82) is 0 Å². The number of nitrogens with two attached hydrogens (primary N) is 1. The number of carbonyl (C=O) groups excluding carboxylic acids is 1. The molecule has 2 amide bonds. The Balaban J connectivity index is 2.60. The van der Waals surface area contributed by atoms with Gasteiger partial charge in [-0.2, -0.15) is 0 Å². The van der Waals surface area contributed by atoms with E-state index in [1.165, 1.54) is 0 Å². The lowest BCUT2D eigenvalue weighted by Crippen LogP contribution is -2.46. The van der Waals surface area contributed by atoms with Crippen LogP contribution in [0.5, 0.6) is 0 Å². The van der Waals surface area contributed by atoms with E-state index in [-0.39, 0.29) is 0 Å². The molecule has 0 spiro atoms. The Morgan fingerprint density at radius 1 is 1.50 bits per heavy atom. The van der Waals surface area contributed by atoms with E-state index in [9.17, 15) is 4.79 Å². The van der Waals surface area contributed by atoms with E-state index < -0.39 is 6.03 Å². The van der Waals surface area contributed by atoms with Gasteiger partial charge in [-0.3, -0.25) is 5.01 Å². The molecule has 88 valence electrons. The van der Waals surface area contributed by atoms with E-state index in [0.29, 0.717) is 12.4 Å². The van der Waals surface area contributed by atoms with Crippen LogP contribution in [0.4, 0.5) is 10.6 Å². The average Bonchev–Trinajstić information content (AvgIpc) is 2.29. The maximum absolute atomic E-state index is 10.9. The van der Waals surface area contributed by atoms with Crippen LogP contribution in [0.15, 0.2) is 24.4 Å². The zero-order chi connectivity index (χ0) is 11.8. The highest BCUT2D eigenvalue weighted by Gasteiger charge is 2.07. The summed E-state index contributed by atoms with van der Waals surface area (Å²) < 4.78 is 0. The van der Waals surface area contributed by atoms with Crippen LogP contribution in [0.3, 0.4) is 0 Å². The lowest BCUT2D eigenvalue weighted by Gasteiger charge is -2.22. The highest BCUT2D eigenvalue weighted by Crippen LogP contribution is 2.08. The van der Waals surface area contributed by atoms with Crippen LogP contribution in [-0.4, -0.2) is 17.6 Å². The third-order valence-electron chi connectivity index (χ3n) is 2.16. The number of primary amides is 1. The fraction of sp³-hybridized carbons (Fsp3) is 0.455. The standard InChI is InChI=1S/C11H18N4O/c1-2-3-6-9-15(14-11(12)16)10-7-4-5-8-13-10/h4-5,7-8H,2-3,6,9H2,1H3,(H3,12,14,16). The summed E-state index contributed by atoms with van der Waals surface area (Å²) in [5, 5.41) is 1.68. The minimum Gasteiger partial charge on any atom is -0.350 e. The Morgan fingerprint density at radius 2 is 2.31 bits per heavy atom. The van der Waals surface area contributed by atoms with Crippen molar-refractivity contribution in [2.24, 2.45) is 5.73 Å². The molecule has 0 atom stereocenters. The maximum atomic E-state index is 10.9. The van der Waals surface area contributed by atoms with Crippen molar-refractivity contribution in [2.75, 3.05) is 11.6 Å². The van der Waals surface area contributed by atoms with Crippen molar-refractivity contribution in [1.82, 2.24) is 10.4 Å². The number of amides is 2. The number of pyridine rings is 1. The summed E-state index contributed by atoms with van der Waals surface area (Å²) in [7, 11) is 0. The second kappa shape index (κ2) is 6.66. The van der Waals surface area contributed by atoms with E-state index in [2.05, 4.69) is 17.3 Å². The molecule has 16 heavy (non-hydrogen) atoms. The van der Waals surface area contributed by atoms with E-state index in [1.807, 2.05) is 18.2 Å². The van der Waals surface area contributed by atoms with Gasteiger partial charge in [-0.05, 0) is 18.6 Å². The second-order valence-electron chi connectivity index (χ2n) is 3.52. The third-order valence-corrected chi connectivity index (χ3v) is 2.16. The van der Waals surface area contributed by atoms with Gasteiger partial charge >= 0.3 is 6.03 Å².